The van der Waals surface area contributed by atoms with Crippen LogP contribution < -0.4 is 0 Å². The molecule has 212 valence electrons. The predicted octanol–water partition coefficient (Wildman–Crippen LogP) is 5.78. The molecule has 0 aliphatic rings. The minimum Gasteiger partial charge on any atom is -0.478 e. The van der Waals surface area contributed by atoms with E-state index in [2.05, 4.69) is 0 Å². The van der Waals surface area contributed by atoms with Crippen LogP contribution in [0.4, 0.5) is 4.79 Å². The number of amides is 1. The number of nitrogens with zero attached hydrogens (tertiary/aromatic N) is 1. The molecule has 0 heterocycles. The number of hydrogen-bond donors (Lipinski definition) is 2. The number of ether oxygens (including phenoxy) is 1. The van der Waals surface area contributed by atoms with Crippen LogP contribution in [0.3, 0.4) is 0 Å². The molecule has 0 fully saturated rings. The van der Waals surface area contributed by atoms with E-state index >= 15 is 0 Å². The molecule has 0 aliphatic heterocycles. The zero-order chi connectivity index (χ0) is 29.5. The summed E-state index contributed by atoms with van der Waals surface area (Å²) in [6, 6.07) is 19.1. The van der Waals surface area contributed by atoms with Crippen LogP contribution in [0.1, 0.15) is 43.6 Å². The molecule has 8 nitrogen and oxygen atoms in total. The van der Waals surface area contributed by atoms with Gasteiger partial charge < -0.3 is 19.8 Å². The number of carbonyl (C=O) groups is 2. The Bertz CT molecular complexity index is 1480. The molecule has 2 N–H and O–H groups in total. The van der Waals surface area contributed by atoms with Crippen molar-refractivity contribution in [2.24, 2.45) is 0 Å². The highest BCUT2D eigenvalue weighted by Crippen LogP contribution is 2.24. The monoisotopic (exact) mass is 585 g/mol. The number of halogens is 1. The number of carboxylic acids is 1. The van der Waals surface area contributed by atoms with Gasteiger partial charge in [-0.3, -0.25) is 0 Å². The Morgan fingerprint density at radius 1 is 1.00 bits per heavy atom. The lowest BCUT2D eigenvalue weighted by Gasteiger charge is -2.29. The van der Waals surface area contributed by atoms with E-state index < -0.39 is 33.6 Å². The summed E-state index contributed by atoms with van der Waals surface area (Å²) in [6.45, 7) is 5.47. The maximum Gasteiger partial charge on any atom is 0.410 e. The third-order valence-electron chi connectivity index (χ3n) is 5.77. The molecule has 0 spiro atoms. The summed E-state index contributed by atoms with van der Waals surface area (Å²) in [5, 5.41) is 20.1. The van der Waals surface area contributed by atoms with Crippen LogP contribution in [0.15, 0.2) is 88.7 Å². The molecule has 0 aliphatic carbocycles. The standard InChI is InChI=1S/C30H32ClNO7S/c1-30(2,3)39-29(36)32(20-27(33)23-7-5-8-24(31)19-23)17-16-21-10-13-25(14-11-21)40(37,38)26-9-4-6-22(18-26)12-15-28(34)35/h4-15,18-19,27,33H,16-17,20H2,1-3H3,(H,34,35)/b15-12+/t27-/m0/s1. The lowest BCUT2D eigenvalue weighted by atomic mass is 10.1. The van der Waals surface area contributed by atoms with Gasteiger partial charge in [0.1, 0.15) is 5.60 Å². The number of rotatable bonds is 10. The highest BCUT2D eigenvalue weighted by atomic mass is 35.5. The largest absolute Gasteiger partial charge is 0.478 e. The number of carboxylic acid groups (broad SMARTS) is 1. The average Bonchev–Trinajstić information content (AvgIpc) is 2.89. The predicted molar refractivity (Wildman–Crippen MR) is 153 cm³/mol. The minimum absolute atomic E-state index is 0.0195. The van der Waals surface area contributed by atoms with Crippen LogP contribution in [-0.2, 0) is 25.8 Å². The van der Waals surface area contributed by atoms with Gasteiger partial charge in [-0.05, 0) is 86.4 Å². The zero-order valence-electron chi connectivity index (χ0n) is 22.5. The fourth-order valence-corrected chi connectivity index (χ4v) is 5.31. The molecule has 1 atom stereocenters. The van der Waals surface area contributed by atoms with Gasteiger partial charge in [-0.1, -0.05) is 48.0 Å². The van der Waals surface area contributed by atoms with E-state index in [4.69, 9.17) is 21.4 Å². The van der Waals surface area contributed by atoms with Crippen LogP contribution >= 0.6 is 11.6 Å². The molecular formula is C30H32ClNO7S. The van der Waals surface area contributed by atoms with Crippen LogP contribution in [0.2, 0.25) is 5.02 Å². The first kappa shape index (κ1) is 30.9. The number of benzene rings is 3. The Labute approximate surface area is 239 Å². The van der Waals surface area contributed by atoms with Gasteiger partial charge in [-0.25, -0.2) is 18.0 Å². The van der Waals surface area contributed by atoms with Crippen molar-refractivity contribution in [3.8, 4) is 0 Å². The van der Waals surface area contributed by atoms with Crippen molar-refractivity contribution < 1.29 is 33.0 Å². The maximum atomic E-state index is 13.2. The lowest BCUT2D eigenvalue weighted by molar-refractivity contribution is -0.131. The number of sulfone groups is 1. The number of aliphatic carboxylic acids is 1. The molecule has 0 unspecified atom stereocenters. The first-order valence-corrected chi connectivity index (χ1v) is 14.4. The zero-order valence-corrected chi connectivity index (χ0v) is 24.0. The summed E-state index contributed by atoms with van der Waals surface area (Å²) in [5.41, 5.74) is 1.07. The van der Waals surface area contributed by atoms with Gasteiger partial charge in [0.05, 0.1) is 22.4 Å². The topological polar surface area (TPSA) is 121 Å². The van der Waals surface area contributed by atoms with Crippen LogP contribution in [0.5, 0.6) is 0 Å². The molecule has 0 saturated carbocycles. The van der Waals surface area contributed by atoms with E-state index in [0.29, 0.717) is 22.6 Å². The third-order valence-corrected chi connectivity index (χ3v) is 7.77. The van der Waals surface area contributed by atoms with Crippen LogP contribution in [0, 0.1) is 0 Å². The van der Waals surface area contributed by atoms with Crippen LogP contribution in [-0.4, -0.2) is 54.3 Å². The van der Waals surface area contributed by atoms with Gasteiger partial charge in [0.15, 0.2) is 0 Å². The second kappa shape index (κ2) is 13.1. The van der Waals surface area contributed by atoms with Crippen LogP contribution in [0.25, 0.3) is 6.08 Å². The van der Waals surface area contributed by atoms with Crippen molar-refractivity contribution in [1.29, 1.82) is 0 Å². The van der Waals surface area contributed by atoms with Crippen molar-refractivity contribution >= 4 is 39.6 Å². The number of aliphatic hydroxyl groups excluding tert-OH is 1. The van der Waals surface area contributed by atoms with E-state index in [0.717, 1.165) is 11.6 Å². The van der Waals surface area contributed by atoms with E-state index in [-0.39, 0.29) is 22.9 Å². The molecule has 0 bridgehead atoms. The summed E-state index contributed by atoms with van der Waals surface area (Å²) in [5.74, 6) is -1.13. The summed E-state index contributed by atoms with van der Waals surface area (Å²) in [4.78, 5) is 25.2. The number of aliphatic hydroxyl groups is 1. The van der Waals surface area contributed by atoms with Crippen molar-refractivity contribution in [2.45, 2.75) is 48.7 Å². The Hall–Kier alpha value is -3.66. The van der Waals surface area contributed by atoms with Crippen molar-refractivity contribution in [2.75, 3.05) is 13.1 Å². The number of hydrogen-bond acceptors (Lipinski definition) is 6. The first-order chi connectivity index (χ1) is 18.7. The van der Waals surface area contributed by atoms with E-state index in [1.54, 1.807) is 69.3 Å². The molecular weight excluding hydrogens is 554 g/mol. The Morgan fingerprint density at radius 2 is 1.68 bits per heavy atom. The highest BCUT2D eigenvalue weighted by Gasteiger charge is 2.25. The number of carbonyl (C=O) groups excluding carboxylic acids is 1. The Kier molecular flexibility index (Phi) is 10.1. The Balaban J connectivity index is 1.75. The molecule has 3 rings (SSSR count). The highest BCUT2D eigenvalue weighted by molar-refractivity contribution is 7.91. The van der Waals surface area contributed by atoms with E-state index in [1.807, 2.05) is 0 Å². The Morgan fingerprint density at radius 3 is 2.30 bits per heavy atom. The first-order valence-electron chi connectivity index (χ1n) is 12.5. The molecule has 0 aromatic heterocycles. The smallest absolute Gasteiger partial charge is 0.410 e. The fraction of sp³-hybridized carbons (Fsp3) is 0.267. The van der Waals surface area contributed by atoms with Gasteiger partial charge in [-0.15, -0.1) is 0 Å². The van der Waals surface area contributed by atoms with Gasteiger partial charge >= 0.3 is 12.1 Å². The van der Waals surface area contributed by atoms with Gasteiger partial charge in [0, 0.05) is 17.6 Å². The maximum absolute atomic E-state index is 13.2. The average molecular weight is 586 g/mol. The molecule has 3 aromatic rings. The molecule has 0 radical (unpaired) electrons. The summed E-state index contributed by atoms with van der Waals surface area (Å²) < 4.78 is 31.8. The van der Waals surface area contributed by atoms with Gasteiger partial charge in [0.2, 0.25) is 9.84 Å². The van der Waals surface area contributed by atoms with E-state index in [9.17, 15) is 23.1 Å². The normalized spacial score (nSPS) is 12.7. The van der Waals surface area contributed by atoms with E-state index in [1.165, 1.54) is 35.2 Å². The lowest BCUT2D eigenvalue weighted by Crippen LogP contribution is -2.40. The second-order valence-corrected chi connectivity index (χ2v) is 12.5. The second-order valence-electron chi connectivity index (χ2n) is 10.1. The third kappa shape index (κ3) is 8.94. The van der Waals surface area contributed by atoms with Crippen molar-refractivity contribution in [3.05, 3.63) is 101 Å². The molecule has 1 amide bonds. The summed E-state index contributed by atoms with van der Waals surface area (Å²) in [7, 11) is -3.84. The fourth-order valence-electron chi connectivity index (χ4n) is 3.80. The van der Waals surface area contributed by atoms with Crippen molar-refractivity contribution in [3.63, 3.8) is 0 Å². The summed E-state index contributed by atoms with van der Waals surface area (Å²) in [6.07, 6.45) is 1.08. The van der Waals surface area contributed by atoms with Gasteiger partial charge in [-0.2, -0.15) is 0 Å². The molecule has 0 saturated heterocycles. The van der Waals surface area contributed by atoms with Crippen molar-refractivity contribution in [1.82, 2.24) is 4.90 Å². The van der Waals surface area contributed by atoms with Gasteiger partial charge in [0.25, 0.3) is 0 Å². The molecule has 40 heavy (non-hydrogen) atoms. The minimum atomic E-state index is -3.84. The quantitative estimate of drug-likeness (QED) is 0.289. The SMILES string of the molecule is CC(C)(C)OC(=O)N(CCc1ccc(S(=O)(=O)c2cccc(/C=C/C(=O)O)c2)cc1)C[C@H](O)c1cccc(Cl)c1. The summed E-state index contributed by atoms with van der Waals surface area (Å²) >= 11 is 6.05. The molecule has 10 heteroatoms. The molecule has 3 aromatic carbocycles.